The number of nitrogens with zero attached hydrogens (tertiary/aromatic N) is 1. The average Bonchev–Trinajstić information content (AvgIpc) is 2.40. The number of rotatable bonds is 4. The second-order valence-corrected chi connectivity index (χ2v) is 3.73. The lowest BCUT2D eigenvalue weighted by molar-refractivity contribution is 0.0694. The molecule has 0 aliphatic heterocycles. The minimum Gasteiger partial charge on any atom is -0.493 e. The zero-order valence-electron chi connectivity index (χ0n) is 10.2. The van der Waals surface area contributed by atoms with Crippen molar-refractivity contribution in [3.05, 3.63) is 46.2 Å². The van der Waals surface area contributed by atoms with Crippen LogP contribution in [0, 0.1) is 0 Å². The largest absolute Gasteiger partial charge is 0.493 e. The minimum atomic E-state index is -1.29. The molecule has 0 radical (unpaired) electrons. The van der Waals surface area contributed by atoms with Gasteiger partial charge in [-0.05, 0) is 25.1 Å². The lowest BCUT2D eigenvalue weighted by Gasteiger charge is -2.09. The zero-order valence-corrected chi connectivity index (χ0v) is 10.2. The number of hydrogen-bond acceptors (Lipinski definition) is 4. The molecule has 2 aromatic rings. The molecule has 0 spiro atoms. The monoisotopic (exact) mass is 260 g/mol. The fraction of sp³-hybridized carbons (Fsp3) is 0.154. The van der Waals surface area contributed by atoms with Crippen LogP contribution in [0.4, 0.5) is 0 Å². The summed E-state index contributed by atoms with van der Waals surface area (Å²) >= 11 is 0. The van der Waals surface area contributed by atoms with E-state index in [1.165, 1.54) is 6.07 Å². The Hall–Kier alpha value is -2.63. The Morgan fingerprint density at radius 3 is 2.84 bits per heavy atom. The molecule has 1 aromatic carbocycles. The van der Waals surface area contributed by atoms with Gasteiger partial charge in [0.2, 0.25) is 0 Å². The fourth-order valence-electron chi connectivity index (χ4n) is 1.66. The highest BCUT2D eigenvalue weighted by atomic mass is 16.5. The summed E-state index contributed by atoms with van der Waals surface area (Å²) in [7, 11) is 0. The molecule has 0 saturated carbocycles. The zero-order chi connectivity index (χ0) is 13.8. The minimum absolute atomic E-state index is 0.348. The topological polar surface area (TPSA) is 92.3 Å². The Labute approximate surface area is 108 Å². The summed E-state index contributed by atoms with van der Waals surface area (Å²) in [5, 5.41) is 15.0. The number of carboxylic acid groups (broad SMARTS) is 1. The fourth-order valence-corrected chi connectivity index (χ4v) is 1.66. The Morgan fingerprint density at radius 2 is 2.16 bits per heavy atom. The highest BCUT2D eigenvalue weighted by molar-refractivity contribution is 5.88. The maximum Gasteiger partial charge on any atom is 0.341 e. The molecular weight excluding hydrogens is 248 g/mol. The molecule has 0 unspecified atom stereocenters. The summed E-state index contributed by atoms with van der Waals surface area (Å²) in [6, 6.07) is 8.33. The second kappa shape index (κ2) is 5.34. The van der Waals surface area contributed by atoms with Crippen LogP contribution in [-0.2, 0) is 0 Å². The van der Waals surface area contributed by atoms with Gasteiger partial charge in [0, 0.05) is 5.56 Å². The number of aromatic carboxylic acids is 1. The van der Waals surface area contributed by atoms with Gasteiger partial charge in [0.1, 0.15) is 11.3 Å². The van der Waals surface area contributed by atoms with Crippen LogP contribution in [0.3, 0.4) is 0 Å². The number of para-hydroxylation sites is 1. The summed E-state index contributed by atoms with van der Waals surface area (Å²) in [4.78, 5) is 22.3. The van der Waals surface area contributed by atoms with Crippen molar-refractivity contribution in [1.29, 1.82) is 0 Å². The number of hydrogen-bond donors (Lipinski definition) is 2. The van der Waals surface area contributed by atoms with E-state index in [0.717, 1.165) is 0 Å². The quantitative estimate of drug-likeness (QED) is 0.869. The van der Waals surface area contributed by atoms with Crippen molar-refractivity contribution in [2.45, 2.75) is 6.92 Å². The second-order valence-electron chi connectivity index (χ2n) is 3.73. The van der Waals surface area contributed by atoms with Gasteiger partial charge >= 0.3 is 5.97 Å². The Morgan fingerprint density at radius 1 is 1.42 bits per heavy atom. The standard InChI is InChI=1S/C13H12N2O4/c1-2-19-11-6-4-3-5-8(11)10-7-9(13(17)18)12(16)15-14-10/h3-7H,2H2,1H3,(H,15,16)(H,17,18). The normalized spacial score (nSPS) is 10.2. The molecule has 0 amide bonds. The van der Waals surface area contributed by atoms with E-state index in [4.69, 9.17) is 9.84 Å². The number of carboxylic acids is 1. The van der Waals surface area contributed by atoms with Gasteiger partial charge in [-0.3, -0.25) is 4.79 Å². The Kier molecular flexibility index (Phi) is 3.61. The molecule has 0 atom stereocenters. The summed E-state index contributed by atoms with van der Waals surface area (Å²) in [5.74, 6) is -0.709. The average molecular weight is 260 g/mol. The first-order valence-corrected chi connectivity index (χ1v) is 5.68. The van der Waals surface area contributed by atoms with Crippen molar-refractivity contribution in [3.8, 4) is 17.0 Å². The molecule has 1 heterocycles. The van der Waals surface area contributed by atoms with Crippen molar-refractivity contribution in [2.24, 2.45) is 0 Å². The van der Waals surface area contributed by atoms with Crippen LogP contribution >= 0.6 is 0 Å². The summed E-state index contributed by atoms with van der Waals surface area (Å²) in [5.41, 5.74) is -0.106. The van der Waals surface area contributed by atoms with Gasteiger partial charge in [-0.2, -0.15) is 5.10 Å². The van der Waals surface area contributed by atoms with Crippen molar-refractivity contribution in [1.82, 2.24) is 10.2 Å². The van der Waals surface area contributed by atoms with E-state index in [0.29, 0.717) is 23.6 Å². The van der Waals surface area contributed by atoms with E-state index < -0.39 is 11.5 Å². The molecule has 1 aromatic heterocycles. The third kappa shape index (κ3) is 2.62. The highest BCUT2D eigenvalue weighted by Crippen LogP contribution is 2.27. The van der Waals surface area contributed by atoms with Gasteiger partial charge in [0.25, 0.3) is 5.56 Å². The van der Waals surface area contributed by atoms with Crippen molar-refractivity contribution in [2.75, 3.05) is 6.61 Å². The van der Waals surface area contributed by atoms with E-state index >= 15 is 0 Å². The first kappa shape index (κ1) is 12.8. The molecule has 2 rings (SSSR count). The lowest BCUT2D eigenvalue weighted by atomic mass is 10.1. The molecule has 2 N–H and O–H groups in total. The number of benzene rings is 1. The van der Waals surface area contributed by atoms with Crippen LogP contribution < -0.4 is 10.3 Å². The molecule has 0 aliphatic rings. The molecule has 98 valence electrons. The maximum atomic E-state index is 11.3. The number of aromatic amines is 1. The van der Waals surface area contributed by atoms with Crippen molar-refractivity contribution < 1.29 is 14.6 Å². The maximum absolute atomic E-state index is 11.3. The molecule has 0 bridgehead atoms. The van der Waals surface area contributed by atoms with Gasteiger partial charge in [-0.25, -0.2) is 9.89 Å². The highest BCUT2D eigenvalue weighted by Gasteiger charge is 2.13. The number of ether oxygens (including phenoxy) is 1. The molecule has 0 fully saturated rings. The van der Waals surface area contributed by atoms with Crippen LogP contribution in [0.2, 0.25) is 0 Å². The van der Waals surface area contributed by atoms with Gasteiger partial charge in [-0.15, -0.1) is 0 Å². The number of carbonyl (C=O) groups is 1. The van der Waals surface area contributed by atoms with Crippen LogP contribution in [0.25, 0.3) is 11.3 Å². The van der Waals surface area contributed by atoms with E-state index in [9.17, 15) is 9.59 Å². The predicted octanol–water partition coefficient (Wildman–Crippen LogP) is 1.53. The summed E-state index contributed by atoms with van der Waals surface area (Å²) < 4.78 is 5.44. The number of H-pyrrole nitrogens is 1. The van der Waals surface area contributed by atoms with Crippen LogP contribution in [0.5, 0.6) is 5.75 Å². The molecule has 6 heteroatoms. The Balaban J connectivity index is 2.56. The van der Waals surface area contributed by atoms with Crippen LogP contribution in [0.15, 0.2) is 35.1 Å². The molecule has 6 nitrogen and oxygen atoms in total. The SMILES string of the molecule is CCOc1ccccc1-c1cc(C(=O)O)c(=O)[nH]n1. The number of aromatic nitrogens is 2. The van der Waals surface area contributed by atoms with Crippen LogP contribution in [0.1, 0.15) is 17.3 Å². The van der Waals surface area contributed by atoms with E-state index in [1.807, 2.05) is 6.92 Å². The van der Waals surface area contributed by atoms with Gasteiger partial charge in [0.15, 0.2) is 0 Å². The van der Waals surface area contributed by atoms with E-state index in [1.54, 1.807) is 24.3 Å². The Bertz CT molecular complexity index is 664. The summed E-state index contributed by atoms with van der Waals surface area (Å²) in [6.07, 6.45) is 0. The number of nitrogens with one attached hydrogen (secondary N) is 1. The third-order valence-corrected chi connectivity index (χ3v) is 2.50. The van der Waals surface area contributed by atoms with E-state index in [-0.39, 0.29) is 5.56 Å². The van der Waals surface area contributed by atoms with Crippen LogP contribution in [-0.4, -0.2) is 27.9 Å². The first-order valence-electron chi connectivity index (χ1n) is 5.68. The third-order valence-electron chi connectivity index (χ3n) is 2.50. The molecule has 0 saturated heterocycles. The molecule has 19 heavy (non-hydrogen) atoms. The smallest absolute Gasteiger partial charge is 0.341 e. The van der Waals surface area contributed by atoms with Crippen molar-refractivity contribution >= 4 is 5.97 Å². The lowest BCUT2D eigenvalue weighted by Crippen LogP contribution is -2.18. The van der Waals surface area contributed by atoms with Gasteiger partial charge in [0.05, 0.1) is 12.3 Å². The van der Waals surface area contributed by atoms with Gasteiger partial charge in [-0.1, -0.05) is 12.1 Å². The predicted molar refractivity (Wildman–Crippen MR) is 68.4 cm³/mol. The van der Waals surface area contributed by atoms with Gasteiger partial charge < -0.3 is 9.84 Å². The molecular formula is C13H12N2O4. The van der Waals surface area contributed by atoms with E-state index in [2.05, 4.69) is 10.2 Å². The van der Waals surface area contributed by atoms with Crippen molar-refractivity contribution in [3.63, 3.8) is 0 Å². The molecule has 0 aliphatic carbocycles. The first-order chi connectivity index (χ1) is 9.13. The summed E-state index contributed by atoms with van der Waals surface area (Å²) in [6.45, 7) is 2.33.